The summed E-state index contributed by atoms with van der Waals surface area (Å²) in [6.07, 6.45) is 1.19. The van der Waals surface area contributed by atoms with Gasteiger partial charge in [0.25, 0.3) is 0 Å². The van der Waals surface area contributed by atoms with Gasteiger partial charge in [-0.2, -0.15) is 0 Å². The fraction of sp³-hybridized carbons (Fsp3) is 0.829. The molecular formula is C41H70O13. The Morgan fingerprint density at radius 1 is 0.352 bits per heavy atom. The minimum atomic E-state index is -1.10. The second-order valence-electron chi connectivity index (χ2n) is 15.2. The maximum absolute atomic E-state index is 12.3. The lowest BCUT2D eigenvalue weighted by Crippen LogP contribution is -2.21. The fourth-order valence-electron chi connectivity index (χ4n) is 6.37. The Morgan fingerprint density at radius 3 is 0.981 bits per heavy atom. The van der Waals surface area contributed by atoms with Crippen molar-refractivity contribution >= 4 is 40.5 Å². The molecule has 13 heteroatoms. The summed E-state index contributed by atoms with van der Waals surface area (Å²) in [5, 5.41) is 60.6. The van der Waals surface area contributed by atoms with Crippen molar-refractivity contribution in [2.45, 2.75) is 217 Å². The van der Waals surface area contributed by atoms with Crippen LogP contribution in [0.1, 0.15) is 181 Å². The summed E-state index contributed by atoms with van der Waals surface area (Å²) >= 11 is 0. The fourth-order valence-corrected chi connectivity index (χ4v) is 6.37. The zero-order valence-electron chi connectivity index (χ0n) is 32.9. The molecule has 0 aliphatic heterocycles. The molecule has 0 bridgehead atoms. The predicted molar refractivity (Wildman–Crippen MR) is 202 cm³/mol. The van der Waals surface area contributed by atoms with E-state index in [0.29, 0.717) is 44.9 Å². The molecule has 0 unspecified atom stereocenters. The molecule has 0 saturated heterocycles. The zero-order valence-corrected chi connectivity index (χ0v) is 32.9. The Hall–Kier alpha value is -2.55. The summed E-state index contributed by atoms with van der Waals surface area (Å²) in [5.74, 6) is -1.37. The van der Waals surface area contributed by atoms with Crippen molar-refractivity contribution in [2.75, 3.05) is 0 Å². The number of Topliss-reactive ketones (excluding diaryl/α,β-unsaturated/α-hetero) is 7. The maximum Gasteiger partial charge on any atom is 0.135 e. The van der Waals surface area contributed by atoms with Gasteiger partial charge in [0.1, 0.15) is 40.5 Å². The Labute approximate surface area is 321 Å². The highest BCUT2D eigenvalue weighted by atomic mass is 16.3. The topological polar surface area (TPSA) is 241 Å². The van der Waals surface area contributed by atoms with Gasteiger partial charge in [-0.3, -0.25) is 28.8 Å². The number of ketones is 7. The number of hydrogen-bond donors (Lipinski definition) is 6. The highest BCUT2D eigenvalue weighted by molar-refractivity contribution is 5.84. The van der Waals surface area contributed by atoms with Gasteiger partial charge >= 0.3 is 0 Å². The van der Waals surface area contributed by atoms with Crippen LogP contribution in [0.5, 0.6) is 0 Å². The lowest BCUT2D eigenvalue weighted by Gasteiger charge is -2.15. The molecule has 0 aromatic carbocycles. The molecule has 0 amide bonds. The number of aliphatic hydroxyl groups is 6. The van der Waals surface area contributed by atoms with Crippen LogP contribution in [0.15, 0.2) is 0 Å². The Morgan fingerprint density at radius 2 is 0.648 bits per heavy atom. The molecule has 0 saturated carbocycles. The highest BCUT2D eigenvalue weighted by Crippen LogP contribution is 2.16. The van der Waals surface area contributed by atoms with Gasteiger partial charge in [-0.05, 0) is 58.3 Å². The molecule has 6 N–H and O–H groups in total. The molecule has 13 nitrogen and oxygen atoms in total. The van der Waals surface area contributed by atoms with E-state index in [0.717, 1.165) is 19.3 Å². The molecule has 0 fully saturated rings. The van der Waals surface area contributed by atoms with Crippen molar-refractivity contribution in [3.8, 4) is 0 Å². The Bertz CT molecular complexity index is 1120. The van der Waals surface area contributed by atoms with E-state index < -0.39 is 36.6 Å². The third kappa shape index (κ3) is 31.8. The first-order chi connectivity index (χ1) is 25.5. The van der Waals surface area contributed by atoms with Crippen LogP contribution in [0.3, 0.4) is 0 Å². The highest BCUT2D eigenvalue weighted by Gasteiger charge is 2.20. The molecule has 0 aromatic heterocycles. The van der Waals surface area contributed by atoms with Crippen LogP contribution in [0.25, 0.3) is 0 Å². The van der Waals surface area contributed by atoms with Crippen LogP contribution in [0.2, 0.25) is 0 Å². The largest absolute Gasteiger partial charge is 0.393 e. The molecule has 0 radical (unpaired) electrons. The number of rotatable bonds is 38. The molecule has 0 spiro atoms. The van der Waals surface area contributed by atoms with Gasteiger partial charge in [-0.1, -0.05) is 39.0 Å². The minimum absolute atomic E-state index is 0.00982. The smallest absolute Gasteiger partial charge is 0.135 e. The lowest BCUT2D eigenvalue weighted by molar-refractivity contribution is -0.126. The third-order valence-electron chi connectivity index (χ3n) is 9.31. The van der Waals surface area contributed by atoms with E-state index >= 15 is 0 Å². The van der Waals surface area contributed by atoms with Crippen LogP contribution in [-0.4, -0.2) is 108 Å². The van der Waals surface area contributed by atoms with Crippen molar-refractivity contribution in [3.63, 3.8) is 0 Å². The SMILES string of the molecule is CCCCC[C@@H](O)C[C@@H](O)CC(=O)CCCC(=O)C[C@@H](O)CC(=O)CCCCC[C@@H](O)C[C@@H](O)CC(=O)CCCC(=O)C[C@@H](O)CC(=O)CCCC(C)=O. The van der Waals surface area contributed by atoms with E-state index in [1.165, 1.54) is 6.92 Å². The van der Waals surface area contributed by atoms with Gasteiger partial charge in [0.2, 0.25) is 0 Å². The van der Waals surface area contributed by atoms with Crippen molar-refractivity contribution < 1.29 is 64.2 Å². The quantitative estimate of drug-likeness (QED) is 0.0480. The summed E-state index contributed by atoms with van der Waals surface area (Å²) < 4.78 is 0. The van der Waals surface area contributed by atoms with E-state index in [4.69, 9.17) is 0 Å². The molecule has 6 atom stereocenters. The number of unbranched alkanes of at least 4 members (excludes halogenated alkanes) is 4. The number of carbonyl (C=O) groups is 7. The Kier molecular flexibility index (Phi) is 30.1. The summed E-state index contributed by atoms with van der Waals surface area (Å²) in [6, 6.07) is 0. The van der Waals surface area contributed by atoms with Gasteiger partial charge in [0.05, 0.1) is 36.6 Å². The lowest BCUT2D eigenvalue weighted by atomic mass is 9.97. The second-order valence-corrected chi connectivity index (χ2v) is 15.2. The maximum atomic E-state index is 12.3. The van der Waals surface area contributed by atoms with Crippen molar-refractivity contribution in [3.05, 3.63) is 0 Å². The second kappa shape index (κ2) is 31.6. The average molecular weight is 771 g/mol. The summed E-state index contributed by atoms with van der Waals surface area (Å²) in [5.41, 5.74) is 0. The molecule has 0 rings (SSSR count). The first-order valence-corrected chi connectivity index (χ1v) is 20.2. The third-order valence-corrected chi connectivity index (χ3v) is 9.31. The predicted octanol–water partition coefficient (Wildman–Crippen LogP) is 4.32. The first-order valence-electron chi connectivity index (χ1n) is 20.2. The molecule has 312 valence electrons. The van der Waals surface area contributed by atoms with Gasteiger partial charge in [-0.15, -0.1) is 0 Å². The van der Waals surface area contributed by atoms with E-state index in [9.17, 15) is 64.2 Å². The van der Waals surface area contributed by atoms with Crippen LogP contribution < -0.4 is 0 Å². The van der Waals surface area contributed by atoms with E-state index in [2.05, 4.69) is 6.92 Å². The van der Waals surface area contributed by atoms with Crippen LogP contribution in [-0.2, 0) is 33.6 Å². The molecular weight excluding hydrogens is 700 g/mol. The van der Waals surface area contributed by atoms with Gasteiger partial charge in [0.15, 0.2) is 0 Å². The van der Waals surface area contributed by atoms with E-state index in [1.807, 2.05) is 0 Å². The molecule has 54 heavy (non-hydrogen) atoms. The summed E-state index contributed by atoms with van der Waals surface area (Å²) in [4.78, 5) is 83.7. The molecule has 0 heterocycles. The number of hydrogen-bond acceptors (Lipinski definition) is 13. The molecule has 0 aliphatic carbocycles. The van der Waals surface area contributed by atoms with Crippen molar-refractivity contribution in [1.29, 1.82) is 0 Å². The van der Waals surface area contributed by atoms with Gasteiger partial charge < -0.3 is 35.4 Å². The average Bonchev–Trinajstić information content (AvgIpc) is 3.03. The van der Waals surface area contributed by atoms with Crippen molar-refractivity contribution in [1.82, 2.24) is 0 Å². The van der Waals surface area contributed by atoms with E-state index in [1.54, 1.807) is 0 Å². The molecule has 0 aromatic rings. The molecule has 0 aliphatic rings. The van der Waals surface area contributed by atoms with Gasteiger partial charge in [0, 0.05) is 83.5 Å². The Balaban J connectivity index is 4.00. The number of carbonyl (C=O) groups excluding carboxylic acids is 7. The minimum Gasteiger partial charge on any atom is -0.393 e. The first kappa shape index (κ1) is 51.5. The standard InChI is InChI=1S/C41H70O13/c1-3-4-6-13-30(43)21-38(51)25-34(47)17-10-18-35(48)26-39(52)22-31(44)14-7-5-8-15-32(45)23-40(53)27-36(49)19-11-20-37(50)28-41(54)24-33(46)16-9-12-29(2)42/h30,32,38-41,43,45,51-54H,3-28H2,1-2H3/t30-,32-,38-,39+,40-,41+/m1/s1. The van der Waals surface area contributed by atoms with Crippen molar-refractivity contribution in [2.24, 2.45) is 0 Å². The van der Waals surface area contributed by atoms with Crippen LogP contribution in [0.4, 0.5) is 0 Å². The van der Waals surface area contributed by atoms with Crippen LogP contribution >= 0.6 is 0 Å². The van der Waals surface area contributed by atoms with Crippen LogP contribution in [0, 0.1) is 0 Å². The van der Waals surface area contributed by atoms with Gasteiger partial charge in [-0.25, -0.2) is 0 Å². The monoisotopic (exact) mass is 770 g/mol. The normalized spacial score (nSPS) is 14.8. The zero-order chi connectivity index (χ0) is 40.9. The number of aliphatic hydroxyl groups excluding tert-OH is 6. The summed E-state index contributed by atoms with van der Waals surface area (Å²) in [6.45, 7) is 3.50. The summed E-state index contributed by atoms with van der Waals surface area (Å²) in [7, 11) is 0. The van der Waals surface area contributed by atoms with E-state index in [-0.39, 0.29) is 143 Å².